The second kappa shape index (κ2) is 45.4. The Bertz CT molecular complexity index is 5900. The van der Waals surface area contributed by atoms with E-state index in [4.69, 9.17) is 20.4 Å². The minimum Gasteiger partial charge on any atom is -0.513 e. The zero-order valence-corrected chi connectivity index (χ0v) is 75.8. The molecular weight excluding hydrogens is 2060 g/mol. The normalized spacial score (nSPS) is 12.0. The molecule has 2 atom stereocenters. The number of para-hydroxylation sites is 4. The first-order valence-electron chi connectivity index (χ1n) is 38.2. The molecular formula is C100H89F3Ir3N7O4S2-5. The molecule has 8 aromatic carbocycles. The average Bonchev–Trinajstić information content (AvgIpc) is 1.57. The third kappa shape index (κ3) is 23.8. The molecule has 0 spiro atoms. The Morgan fingerprint density at radius 2 is 0.874 bits per heavy atom. The fraction of sp³-hybridized carbons (Fsp3) is 0.150. The number of rotatable bonds is 11. The summed E-state index contributed by atoms with van der Waals surface area (Å²) in [6, 6.07) is 103. The fourth-order valence-electron chi connectivity index (χ4n) is 13.7. The van der Waals surface area contributed by atoms with Crippen molar-refractivity contribution < 1.29 is 93.9 Å². The summed E-state index contributed by atoms with van der Waals surface area (Å²) in [4.78, 5) is 23.7. The molecule has 0 bridgehead atoms. The van der Waals surface area contributed by atoms with Crippen molar-refractivity contribution in [1.82, 2.24) is 34.1 Å². The zero-order valence-electron chi connectivity index (χ0n) is 67.0. The van der Waals surface area contributed by atoms with Crippen LogP contribution in [0, 0.1) is 37.3 Å². The summed E-state index contributed by atoms with van der Waals surface area (Å²) in [5, 5.41) is 42.1. The van der Waals surface area contributed by atoms with Crippen molar-refractivity contribution in [3.63, 3.8) is 0 Å². The van der Waals surface area contributed by atoms with Gasteiger partial charge in [-0.25, -0.2) is 22.7 Å². The molecule has 19 heteroatoms. The van der Waals surface area contributed by atoms with Gasteiger partial charge in [0.25, 0.3) is 0 Å². The van der Waals surface area contributed by atoms with Crippen LogP contribution in [0.25, 0.3) is 121 Å². The summed E-state index contributed by atoms with van der Waals surface area (Å²) in [7, 11) is 0. The van der Waals surface area contributed by atoms with Gasteiger partial charge in [0.2, 0.25) is 0 Å². The van der Waals surface area contributed by atoms with Gasteiger partial charge in [0, 0.05) is 131 Å². The summed E-state index contributed by atoms with van der Waals surface area (Å²) >= 11 is 3.32. The molecule has 0 saturated carbocycles. The van der Waals surface area contributed by atoms with Crippen LogP contribution in [0.4, 0.5) is 13.2 Å². The quantitative estimate of drug-likeness (QED) is 0.0732. The molecule has 9 heterocycles. The van der Waals surface area contributed by atoms with Crippen molar-refractivity contribution in [2.24, 2.45) is 0 Å². The van der Waals surface area contributed by atoms with E-state index in [0.29, 0.717) is 11.3 Å². The Hall–Kier alpha value is -10.8. The average molecular weight is 2150 g/mol. The maximum atomic E-state index is 12.8. The second-order valence-electron chi connectivity index (χ2n) is 26.8. The minimum atomic E-state index is -4.40. The summed E-state index contributed by atoms with van der Waals surface area (Å²) in [5.41, 5.74) is 19.9. The van der Waals surface area contributed by atoms with Crippen LogP contribution in [0.2, 0.25) is 0 Å². The first-order valence-corrected chi connectivity index (χ1v) is 40.0. The number of aromatic nitrogens is 7. The molecule has 17 aromatic rings. The maximum absolute atomic E-state index is 12.8. The molecule has 4 N–H and O–H groups in total. The standard InChI is InChI=1S/C24H14F3N2.C24H17N2.C22H20N.2C9H6NS.2C5H10O2.C2H6.3Ir/c25-24(26,27)17-11-12-21(28-15-17)16-10-13-23-20(14-16)19-8-4-5-9-22(19)29(23)18-6-2-1-3-7-18;1-17-11-13-22(25-16-17)18-12-14-24-21(15-18)20-9-5-6-10-23(20)26(24)19-7-3-2-4-8-19;1-3-22(4-2)19-10-6-5-9-17(19)18-13-12-16(15-20(18)22)21-11-7-8-14-23-21;2*1-2-6-10-8(4-1)9-5-3-7-11-9;2*1-4(6)3-5(2)7;1-2;;;/h1-13,15H;2-14,16H,1H3;5-11,13-15H,3-4H2,1-2H3;2*1-4,6-7H;2*3-4,6-7H,1-2H3;1-2H3;;;/q5*-1;;;;;;. The zero-order chi connectivity index (χ0) is 82.1. The van der Waals surface area contributed by atoms with E-state index in [1.165, 1.54) is 65.2 Å². The number of fused-ring (bicyclic) bond motifs is 9. The van der Waals surface area contributed by atoms with E-state index in [1.54, 1.807) is 48.9 Å². The van der Waals surface area contributed by atoms with E-state index in [2.05, 4.69) is 200 Å². The Labute approximate surface area is 743 Å². The number of pyridine rings is 5. The number of nitrogens with zero attached hydrogens (tertiary/aromatic N) is 7. The van der Waals surface area contributed by atoms with Gasteiger partial charge < -0.3 is 44.5 Å². The van der Waals surface area contributed by atoms with E-state index in [9.17, 15) is 13.2 Å². The molecule has 11 nitrogen and oxygen atoms in total. The van der Waals surface area contributed by atoms with Gasteiger partial charge in [-0.15, -0.1) is 76.5 Å². The van der Waals surface area contributed by atoms with Crippen molar-refractivity contribution in [3.8, 4) is 77.4 Å². The van der Waals surface area contributed by atoms with E-state index >= 15 is 0 Å². The van der Waals surface area contributed by atoms with Gasteiger partial charge >= 0.3 is 6.18 Å². The first kappa shape index (κ1) is 93.7. The number of allylic oxidation sites excluding steroid dienone is 2. The number of aliphatic hydroxyl groups excluding tert-OH is 4. The van der Waals surface area contributed by atoms with Crippen LogP contribution < -0.4 is 0 Å². The molecule has 18 rings (SSSR count). The molecule has 613 valence electrons. The second-order valence-corrected chi connectivity index (χ2v) is 28.7. The molecule has 0 saturated heterocycles. The maximum Gasteiger partial charge on any atom is 0.417 e. The third-order valence-corrected chi connectivity index (χ3v) is 20.5. The predicted octanol–water partition coefficient (Wildman–Crippen LogP) is 26.2. The van der Waals surface area contributed by atoms with Crippen LogP contribution in [0.3, 0.4) is 0 Å². The van der Waals surface area contributed by atoms with Gasteiger partial charge in [0.1, 0.15) is 0 Å². The summed E-state index contributed by atoms with van der Waals surface area (Å²) < 4.78 is 42.9. The van der Waals surface area contributed by atoms with Crippen molar-refractivity contribution in [2.75, 3.05) is 0 Å². The van der Waals surface area contributed by atoms with Gasteiger partial charge in [-0.05, 0) is 153 Å². The largest absolute Gasteiger partial charge is 0.513 e. The summed E-state index contributed by atoms with van der Waals surface area (Å²) in [6.07, 6.45) is 7.67. The van der Waals surface area contributed by atoms with Gasteiger partial charge in [-0.2, -0.15) is 37.4 Å². The van der Waals surface area contributed by atoms with Gasteiger partial charge in [-0.3, -0.25) is 9.97 Å². The van der Waals surface area contributed by atoms with E-state index in [1.807, 2.05) is 170 Å². The van der Waals surface area contributed by atoms with Crippen LogP contribution in [0.1, 0.15) is 90.5 Å². The van der Waals surface area contributed by atoms with Gasteiger partial charge in [0.15, 0.2) is 0 Å². The number of alkyl halides is 3. The Kier molecular flexibility index (Phi) is 35.8. The first-order chi connectivity index (χ1) is 56.3. The number of benzene rings is 8. The fourth-order valence-corrected chi connectivity index (χ4v) is 15.0. The number of hydrogen-bond donors (Lipinski definition) is 4. The summed E-state index contributed by atoms with van der Waals surface area (Å²) in [5.74, 6) is 0.324. The molecule has 1 aliphatic rings. The Balaban J connectivity index is 0.000000182. The number of aliphatic hydroxyl groups is 4. The van der Waals surface area contributed by atoms with E-state index in [0.717, 1.165) is 118 Å². The molecule has 3 radical (unpaired) electrons. The van der Waals surface area contributed by atoms with Crippen LogP contribution in [0.5, 0.6) is 0 Å². The van der Waals surface area contributed by atoms with Crippen LogP contribution >= 0.6 is 22.7 Å². The number of halogens is 3. The molecule has 1 aliphatic carbocycles. The van der Waals surface area contributed by atoms with Crippen molar-refractivity contribution in [3.05, 3.63) is 379 Å². The van der Waals surface area contributed by atoms with E-state index < -0.39 is 23.9 Å². The SMILES string of the molecule is CC.CC(O)=CC(C)O.CC(O)=CC(C)O.CCC1(CC)c2ccccc2-c2c[c-]c(-c3ccccn3)cc21.Cc1ccc(-c2[c-]c3c4ccccc4n(-c4ccccc4)c3cc2)nc1.FC(F)(F)c1ccc(-c2[c-]c3c4ccccc4n(-c4ccccc4)c3cc2)nc1.[Ir].[Ir].[Ir].[c-]1ccsc1-c1ccccn1.[c-]1ccsc1-c1ccccn1. The minimum absolute atomic E-state index is 0. The van der Waals surface area contributed by atoms with Crippen molar-refractivity contribution >= 4 is 66.3 Å². The number of thiophene rings is 2. The van der Waals surface area contributed by atoms with Crippen molar-refractivity contribution in [2.45, 2.75) is 99.0 Å². The molecule has 0 fully saturated rings. The monoisotopic (exact) mass is 2150 g/mol. The molecule has 2 unspecified atom stereocenters. The predicted molar refractivity (Wildman–Crippen MR) is 471 cm³/mol. The van der Waals surface area contributed by atoms with Gasteiger partial charge in [0.05, 0.1) is 29.3 Å². The van der Waals surface area contributed by atoms with Crippen LogP contribution in [-0.4, -0.2) is 66.7 Å². The topological polar surface area (TPSA) is 155 Å². The van der Waals surface area contributed by atoms with Crippen LogP contribution in [0.15, 0.2) is 326 Å². The van der Waals surface area contributed by atoms with E-state index in [-0.39, 0.29) is 77.2 Å². The Morgan fingerprint density at radius 1 is 0.454 bits per heavy atom. The van der Waals surface area contributed by atoms with Crippen LogP contribution in [-0.2, 0) is 71.9 Å². The smallest absolute Gasteiger partial charge is 0.417 e. The third-order valence-electron chi connectivity index (χ3n) is 18.8. The summed E-state index contributed by atoms with van der Waals surface area (Å²) in [6.45, 7) is 16.9. The Morgan fingerprint density at radius 3 is 1.26 bits per heavy atom. The van der Waals surface area contributed by atoms with Crippen molar-refractivity contribution in [1.29, 1.82) is 0 Å². The molecule has 119 heavy (non-hydrogen) atoms. The number of hydrogen-bond acceptors (Lipinski definition) is 11. The molecule has 9 aromatic heterocycles. The van der Waals surface area contributed by atoms with Gasteiger partial charge in [-0.1, -0.05) is 239 Å². The number of aryl methyl sites for hydroxylation is 1. The molecule has 0 aliphatic heterocycles. The molecule has 0 amide bonds.